The molecular formula is C16H25FN2O. The number of aryl methyl sites for hydroxylation is 1. The zero-order valence-electron chi connectivity index (χ0n) is 12.8. The predicted molar refractivity (Wildman–Crippen MR) is 79.4 cm³/mol. The summed E-state index contributed by atoms with van der Waals surface area (Å²) in [7, 11) is 0. The molecule has 1 saturated heterocycles. The summed E-state index contributed by atoms with van der Waals surface area (Å²) >= 11 is 0. The van der Waals surface area contributed by atoms with Crippen LogP contribution in [0.2, 0.25) is 0 Å². The zero-order valence-corrected chi connectivity index (χ0v) is 12.8. The normalized spacial score (nSPS) is 19.1. The van der Waals surface area contributed by atoms with Crippen LogP contribution in [0.1, 0.15) is 37.9 Å². The topological polar surface area (TPSA) is 35.5 Å². The van der Waals surface area contributed by atoms with Gasteiger partial charge < -0.3 is 10.4 Å². The number of nitrogens with zero attached hydrogens (tertiary/aromatic N) is 1. The van der Waals surface area contributed by atoms with Gasteiger partial charge in [-0.15, -0.1) is 0 Å². The molecule has 1 aliphatic heterocycles. The first kappa shape index (κ1) is 15.3. The molecule has 0 aliphatic carbocycles. The molecule has 0 unspecified atom stereocenters. The van der Waals surface area contributed by atoms with Crippen molar-refractivity contribution < 1.29 is 9.50 Å². The third-order valence-corrected chi connectivity index (χ3v) is 4.00. The van der Waals surface area contributed by atoms with Crippen LogP contribution in [0.25, 0.3) is 0 Å². The second kappa shape index (κ2) is 5.70. The predicted octanol–water partition coefficient (Wildman–Crippen LogP) is 2.83. The molecule has 1 heterocycles. The van der Waals surface area contributed by atoms with Gasteiger partial charge in [0.15, 0.2) is 11.6 Å². The van der Waals surface area contributed by atoms with Crippen molar-refractivity contribution in [1.29, 1.82) is 0 Å². The average molecular weight is 280 g/mol. The maximum Gasteiger partial charge on any atom is 0.165 e. The van der Waals surface area contributed by atoms with E-state index < -0.39 is 5.82 Å². The minimum atomic E-state index is -0.532. The van der Waals surface area contributed by atoms with Gasteiger partial charge in [-0.2, -0.15) is 0 Å². The summed E-state index contributed by atoms with van der Waals surface area (Å²) in [6.45, 7) is 12.1. The minimum Gasteiger partial charge on any atom is -0.505 e. The lowest BCUT2D eigenvalue weighted by atomic mass is 9.79. The molecule has 20 heavy (non-hydrogen) atoms. The van der Waals surface area contributed by atoms with Gasteiger partial charge in [0.25, 0.3) is 0 Å². The third kappa shape index (κ3) is 2.96. The molecule has 0 amide bonds. The van der Waals surface area contributed by atoms with Gasteiger partial charge in [0.2, 0.25) is 0 Å². The molecule has 112 valence electrons. The van der Waals surface area contributed by atoms with E-state index in [1.807, 2.05) is 6.92 Å². The van der Waals surface area contributed by atoms with Crippen molar-refractivity contribution in [2.24, 2.45) is 5.41 Å². The number of hydrogen-bond acceptors (Lipinski definition) is 3. The number of piperazine rings is 1. The van der Waals surface area contributed by atoms with Crippen molar-refractivity contribution in [3.05, 3.63) is 29.1 Å². The van der Waals surface area contributed by atoms with Gasteiger partial charge >= 0.3 is 0 Å². The second-order valence-electron chi connectivity index (χ2n) is 6.68. The van der Waals surface area contributed by atoms with Gasteiger partial charge in [0.05, 0.1) is 0 Å². The van der Waals surface area contributed by atoms with E-state index in [-0.39, 0.29) is 17.2 Å². The molecular weight excluding hydrogens is 255 g/mol. The molecule has 1 aliphatic rings. The molecule has 0 spiro atoms. The Labute approximate surface area is 120 Å². The first-order valence-electron chi connectivity index (χ1n) is 7.25. The van der Waals surface area contributed by atoms with Crippen LogP contribution in [0, 0.1) is 18.2 Å². The van der Waals surface area contributed by atoms with E-state index in [0.717, 1.165) is 37.3 Å². The Kier molecular flexibility index (Phi) is 4.35. The van der Waals surface area contributed by atoms with Crippen LogP contribution in [-0.4, -0.2) is 36.2 Å². The Morgan fingerprint density at radius 2 is 1.85 bits per heavy atom. The maximum absolute atomic E-state index is 13.8. The second-order valence-corrected chi connectivity index (χ2v) is 6.68. The highest BCUT2D eigenvalue weighted by Gasteiger charge is 2.35. The zero-order chi connectivity index (χ0) is 14.9. The number of nitrogens with one attached hydrogen (secondary N) is 1. The van der Waals surface area contributed by atoms with Crippen LogP contribution in [-0.2, 0) is 0 Å². The van der Waals surface area contributed by atoms with Crippen LogP contribution < -0.4 is 5.32 Å². The van der Waals surface area contributed by atoms with Crippen molar-refractivity contribution in [3.63, 3.8) is 0 Å². The summed E-state index contributed by atoms with van der Waals surface area (Å²) in [5.41, 5.74) is 1.61. The number of hydrogen-bond donors (Lipinski definition) is 2. The number of phenolic OH excluding ortho intramolecular Hbond substituents is 1. The van der Waals surface area contributed by atoms with Crippen molar-refractivity contribution in [2.75, 3.05) is 26.2 Å². The van der Waals surface area contributed by atoms with E-state index in [0.29, 0.717) is 0 Å². The Bertz CT molecular complexity index is 476. The molecule has 0 radical (unpaired) electrons. The van der Waals surface area contributed by atoms with Crippen LogP contribution >= 0.6 is 0 Å². The lowest BCUT2D eigenvalue weighted by Gasteiger charge is -2.43. The van der Waals surface area contributed by atoms with Gasteiger partial charge in [-0.25, -0.2) is 4.39 Å². The standard InChI is InChI=1S/C16H25FN2O/c1-11-5-6-12(17)14(20)13(11)15(16(2,3)4)19-9-7-18-8-10-19/h5-6,15,18,20H,7-10H2,1-4H3/t15-/m1/s1. The highest BCUT2D eigenvalue weighted by atomic mass is 19.1. The summed E-state index contributed by atoms with van der Waals surface area (Å²) in [6.07, 6.45) is 0. The molecule has 2 N–H and O–H groups in total. The molecule has 1 aromatic carbocycles. The molecule has 1 fully saturated rings. The van der Waals surface area contributed by atoms with Gasteiger partial charge in [-0.3, -0.25) is 4.90 Å². The van der Waals surface area contributed by atoms with Gasteiger partial charge in [0.1, 0.15) is 0 Å². The Morgan fingerprint density at radius 1 is 1.25 bits per heavy atom. The smallest absolute Gasteiger partial charge is 0.165 e. The Balaban J connectivity index is 2.49. The molecule has 1 atom stereocenters. The summed E-state index contributed by atoms with van der Waals surface area (Å²) in [5.74, 6) is -0.724. The summed E-state index contributed by atoms with van der Waals surface area (Å²) in [5, 5.41) is 13.6. The number of rotatable bonds is 2. The maximum atomic E-state index is 13.8. The van der Waals surface area contributed by atoms with Gasteiger partial charge in [-0.05, 0) is 24.0 Å². The van der Waals surface area contributed by atoms with Crippen molar-refractivity contribution in [2.45, 2.75) is 33.7 Å². The lowest BCUT2D eigenvalue weighted by molar-refractivity contribution is 0.0833. The summed E-state index contributed by atoms with van der Waals surface area (Å²) < 4.78 is 13.8. The quantitative estimate of drug-likeness (QED) is 0.874. The average Bonchev–Trinajstić information content (AvgIpc) is 2.39. The number of phenols is 1. The number of halogens is 1. The first-order valence-corrected chi connectivity index (χ1v) is 7.25. The van der Waals surface area contributed by atoms with E-state index in [9.17, 15) is 9.50 Å². The van der Waals surface area contributed by atoms with Crippen LogP contribution in [0.5, 0.6) is 5.75 Å². The van der Waals surface area contributed by atoms with E-state index in [2.05, 4.69) is 31.0 Å². The molecule has 0 aromatic heterocycles. The van der Waals surface area contributed by atoms with Crippen LogP contribution in [0.4, 0.5) is 4.39 Å². The SMILES string of the molecule is Cc1ccc(F)c(O)c1[C@@H](N1CCNCC1)C(C)(C)C. The molecule has 4 heteroatoms. The fraction of sp³-hybridized carbons (Fsp3) is 0.625. The van der Waals surface area contributed by atoms with E-state index in [1.54, 1.807) is 6.07 Å². The third-order valence-electron chi connectivity index (χ3n) is 4.00. The van der Waals surface area contributed by atoms with E-state index >= 15 is 0 Å². The Hall–Kier alpha value is -1.13. The van der Waals surface area contributed by atoms with Crippen molar-refractivity contribution >= 4 is 0 Å². The van der Waals surface area contributed by atoms with Crippen molar-refractivity contribution in [1.82, 2.24) is 10.2 Å². The highest BCUT2D eigenvalue weighted by molar-refractivity contribution is 5.43. The fourth-order valence-electron chi connectivity index (χ4n) is 3.13. The fourth-order valence-corrected chi connectivity index (χ4v) is 3.13. The minimum absolute atomic E-state index is 0.0142. The monoisotopic (exact) mass is 280 g/mol. The molecule has 2 rings (SSSR count). The summed E-state index contributed by atoms with van der Waals surface area (Å²) in [4.78, 5) is 2.35. The lowest BCUT2D eigenvalue weighted by Crippen LogP contribution is -2.48. The highest BCUT2D eigenvalue weighted by Crippen LogP contribution is 2.43. The number of benzene rings is 1. The molecule has 0 bridgehead atoms. The van der Waals surface area contributed by atoms with Crippen LogP contribution in [0.15, 0.2) is 12.1 Å². The molecule has 3 nitrogen and oxygen atoms in total. The van der Waals surface area contributed by atoms with Gasteiger partial charge in [-0.1, -0.05) is 26.8 Å². The first-order chi connectivity index (χ1) is 9.32. The van der Waals surface area contributed by atoms with Gasteiger partial charge in [0, 0.05) is 37.8 Å². The largest absolute Gasteiger partial charge is 0.505 e. The van der Waals surface area contributed by atoms with Crippen molar-refractivity contribution in [3.8, 4) is 5.75 Å². The van der Waals surface area contributed by atoms with E-state index in [1.165, 1.54) is 6.07 Å². The molecule has 1 aromatic rings. The Morgan fingerprint density at radius 3 is 2.40 bits per heavy atom. The van der Waals surface area contributed by atoms with E-state index in [4.69, 9.17) is 0 Å². The van der Waals surface area contributed by atoms with Crippen LogP contribution in [0.3, 0.4) is 0 Å². The number of aromatic hydroxyl groups is 1. The molecule has 0 saturated carbocycles. The summed E-state index contributed by atoms with van der Waals surface area (Å²) in [6, 6.07) is 3.11.